The Balaban J connectivity index is 2.40. The standard InChI is InChI=1S/C10H8F4N2O/c11-8-2-1-6(5-7(8)10(12,13)14)9-16-15-3-4-17-9/h1-2,5,15H,3-4H2. The lowest BCUT2D eigenvalue weighted by Crippen LogP contribution is -2.26. The van der Waals surface area contributed by atoms with Crippen molar-refractivity contribution in [2.45, 2.75) is 6.18 Å². The van der Waals surface area contributed by atoms with Crippen LogP contribution in [-0.4, -0.2) is 19.0 Å². The maximum absolute atomic E-state index is 13.0. The van der Waals surface area contributed by atoms with Crippen LogP contribution in [-0.2, 0) is 10.9 Å². The molecule has 92 valence electrons. The van der Waals surface area contributed by atoms with Gasteiger partial charge in [0, 0.05) is 5.56 Å². The lowest BCUT2D eigenvalue weighted by molar-refractivity contribution is -0.140. The summed E-state index contributed by atoms with van der Waals surface area (Å²) in [6.45, 7) is 0.786. The third-order valence-corrected chi connectivity index (χ3v) is 2.15. The molecule has 0 aliphatic carbocycles. The number of ether oxygens (including phenoxy) is 1. The quantitative estimate of drug-likeness (QED) is 0.772. The van der Waals surface area contributed by atoms with Crippen LogP contribution in [0.4, 0.5) is 17.6 Å². The number of hydrogen-bond donors (Lipinski definition) is 1. The van der Waals surface area contributed by atoms with E-state index in [-0.39, 0.29) is 11.5 Å². The Morgan fingerprint density at radius 3 is 2.65 bits per heavy atom. The Labute approximate surface area is 94.1 Å². The minimum atomic E-state index is -4.73. The van der Waals surface area contributed by atoms with Crippen LogP contribution in [0.2, 0.25) is 0 Å². The van der Waals surface area contributed by atoms with Gasteiger partial charge in [-0.25, -0.2) is 4.39 Å². The van der Waals surface area contributed by atoms with Gasteiger partial charge in [0.05, 0.1) is 12.1 Å². The summed E-state index contributed by atoms with van der Waals surface area (Å²) in [5.74, 6) is -1.28. The Morgan fingerprint density at radius 1 is 1.29 bits per heavy atom. The van der Waals surface area contributed by atoms with E-state index in [1.165, 1.54) is 6.07 Å². The zero-order valence-corrected chi connectivity index (χ0v) is 8.51. The summed E-state index contributed by atoms with van der Waals surface area (Å²) >= 11 is 0. The molecular formula is C10H8F4N2O. The van der Waals surface area contributed by atoms with Gasteiger partial charge in [-0.05, 0) is 18.2 Å². The molecule has 1 aliphatic heterocycles. The van der Waals surface area contributed by atoms with Crippen LogP contribution >= 0.6 is 0 Å². The van der Waals surface area contributed by atoms with Crippen LogP contribution < -0.4 is 5.43 Å². The number of nitrogens with zero attached hydrogens (tertiary/aromatic N) is 1. The molecule has 1 heterocycles. The van der Waals surface area contributed by atoms with Crippen molar-refractivity contribution in [1.82, 2.24) is 5.43 Å². The van der Waals surface area contributed by atoms with Crippen molar-refractivity contribution in [3.63, 3.8) is 0 Å². The molecule has 0 atom stereocenters. The van der Waals surface area contributed by atoms with E-state index < -0.39 is 17.6 Å². The first-order valence-corrected chi connectivity index (χ1v) is 4.79. The number of hydrazone groups is 1. The molecule has 0 amide bonds. The summed E-state index contributed by atoms with van der Waals surface area (Å²) in [6.07, 6.45) is -4.73. The largest absolute Gasteiger partial charge is 0.474 e. The van der Waals surface area contributed by atoms with Gasteiger partial charge in [-0.15, -0.1) is 5.10 Å². The van der Waals surface area contributed by atoms with E-state index in [0.717, 1.165) is 6.07 Å². The first-order valence-electron chi connectivity index (χ1n) is 4.79. The van der Waals surface area contributed by atoms with Crippen LogP contribution in [0.3, 0.4) is 0 Å². The Hall–Kier alpha value is -1.79. The predicted molar refractivity (Wildman–Crippen MR) is 51.9 cm³/mol. The van der Waals surface area contributed by atoms with Crippen LogP contribution in [0.15, 0.2) is 23.3 Å². The third-order valence-electron chi connectivity index (χ3n) is 2.15. The van der Waals surface area contributed by atoms with E-state index in [2.05, 4.69) is 10.5 Å². The maximum Gasteiger partial charge on any atom is 0.419 e. The average molecular weight is 248 g/mol. The van der Waals surface area contributed by atoms with Crippen LogP contribution in [0.1, 0.15) is 11.1 Å². The van der Waals surface area contributed by atoms with Crippen LogP contribution in [0.5, 0.6) is 0 Å². The first kappa shape index (κ1) is 11.7. The SMILES string of the molecule is Fc1ccc(C2=NNCCO2)cc1C(F)(F)F. The van der Waals surface area contributed by atoms with Crippen molar-refractivity contribution in [1.29, 1.82) is 0 Å². The van der Waals surface area contributed by atoms with E-state index in [0.29, 0.717) is 19.2 Å². The highest BCUT2D eigenvalue weighted by molar-refractivity contribution is 5.94. The summed E-state index contributed by atoms with van der Waals surface area (Å²) in [6, 6.07) is 2.62. The molecule has 0 fully saturated rings. The van der Waals surface area contributed by atoms with Crippen molar-refractivity contribution < 1.29 is 22.3 Å². The number of halogens is 4. The second kappa shape index (κ2) is 4.23. The lowest BCUT2D eigenvalue weighted by Gasteiger charge is -2.16. The lowest BCUT2D eigenvalue weighted by atomic mass is 10.1. The van der Waals surface area contributed by atoms with E-state index in [1.54, 1.807) is 0 Å². The molecular weight excluding hydrogens is 240 g/mol. The minimum absolute atomic E-state index is 0.0294. The van der Waals surface area contributed by atoms with Gasteiger partial charge < -0.3 is 10.2 Å². The minimum Gasteiger partial charge on any atom is -0.474 e. The third kappa shape index (κ3) is 2.48. The number of alkyl halides is 3. The fourth-order valence-corrected chi connectivity index (χ4v) is 1.38. The van der Waals surface area contributed by atoms with Gasteiger partial charge in [0.1, 0.15) is 12.4 Å². The van der Waals surface area contributed by atoms with Gasteiger partial charge >= 0.3 is 6.18 Å². The topological polar surface area (TPSA) is 33.6 Å². The fourth-order valence-electron chi connectivity index (χ4n) is 1.38. The molecule has 1 aromatic rings. The number of rotatable bonds is 1. The van der Waals surface area contributed by atoms with Crippen molar-refractivity contribution in [2.75, 3.05) is 13.2 Å². The molecule has 0 saturated heterocycles. The van der Waals surface area contributed by atoms with E-state index in [4.69, 9.17) is 4.74 Å². The summed E-state index contributed by atoms with van der Waals surface area (Å²) < 4.78 is 55.5. The van der Waals surface area contributed by atoms with Gasteiger partial charge in [0.2, 0.25) is 5.90 Å². The average Bonchev–Trinajstić information content (AvgIpc) is 2.29. The first-order chi connectivity index (χ1) is 7.98. The molecule has 0 spiro atoms. The Bertz CT molecular complexity index is 456. The normalized spacial score (nSPS) is 15.9. The molecule has 1 N–H and O–H groups in total. The molecule has 1 aromatic carbocycles. The summed E-state index contributed by atoms with van der Waals surface area (Å²) in [7, 11) is 0. The molecule has 0 bridgehead atoms. The highest BCUT2D eigenvalue weighted by Gasteiger charge is 2.34. The maximum atomic E-state index is 13.0. The van der Waals surface area contributed by atoms with Gasteiger partial charge in [-0.3, -0.25) is 0 Å². The molecule has 7 heteroatoms. The van der Waals surface area contributed by atoms with E-state index in [9.17, 15) is 17.6 Å². The summed E-state index contributed by atoms with van der Waals surface area (Å²) in [4.78, 5) is 0. The van der Waals surface area contributed by atoms with Gasteiger partial charge in [0.15, 0.2) is 0 Å². The summed E-state index contributed by atoms with van der Waals surface area (Å²) in [5.41, 5.74) is 1.36. The molecule has 0 saturated carbocycles. The van der Waals surface area contributed by atoms with Crippen molar-refractivity contribution in [3.05, 3.63) is 35.1 Å². The molecule has 0 radical (unpaired) electrons. The molecule has 2 rings (SSSR count). The second-order valence-electron chi connectivity index (χ2n) is 3.37. The number of hydrogen-bond acceptors (Lipinski definition) is 3. The zero-order chi connectivity index (χ0) is 12.5. The van der Waals surface area contributed by atoms with Gasteiger partial charge in [0.25, 0.3) is 0 Å². The highest BCUT2D eigenvalue weighted by Crippen LogP contribution is 2.32. The second-order valence-corrected chi connectivity index (χ2v) is 3.37. The molecule has 3 nitrogen and oxygen atoms in total. The molecule has 0 aromatic heterocycles. The number of nitrogens with one attached hydrogen (secondary N) is 1. The van der Waals surface area contributed by atoms with E-state index in [1.807, 2.05) is 0 Å². The predicted octanol–water partition coefficient (Wildman–Crippen LogP) is 2.13. The smallest absolute Gasteiger partial charge is 0.419 e. The molecule has 1 aliphatic rings. The Morgan fingerprint density at radius 2 is 2.06 bits per heavy atom. The molecule has 17 heavy (non-hydrogen) atoms. The van der Waals surface area contributed by atoms with Crippen LogP contribution in [0, 0.1) is 5.82 Å². The summed E-state index contributed by atoms with van der Waals surface area (Å²) in [5, 5.41) is 3.71. The van der Waals surface area contributed by atoms with Gasteiger partial charge in [-0.2, -0.15) is 13.2 Å². The van der Waals surface area contributed by atoms with Gasteiger partial charge in [-0.1, -0.05) is 0 Å². The fraction of sp³-hybridized carbons (Fsp3) is 0.300. The van der Waals surface area contributed by atoms with Crippen molar-refractivity contribution in [2.24, 2.45) is 5.10 Å². The monoisotopic (exact) mass is 248 g/mol. The Kier molecular flexibility index (Phi) is 2.91. The molecule has 0 unspecified atom stereocenters. The number of benzene rings is 1. The zero-order valence-electron chi connectivity index (χ0n) is 8.51. The van der Waals surface area contributed by atoms with Crippen molar-refractivity contribution in [3.8, 4) is 0 Å². The van der Waals surface area contributed by atoms with E-state index >= 15 is 0 Å². The van der Waals surface area contributed by atoms with Crippen molar-refractivity contribution >= 4 is 5.90 Å². The van der Waals surface area contributed by atoms with Crippen LogP contribution in [0.25, 0.3) is 0 Å². The highest BCUT2D eigenvalue weighted by atomic mass is 19.4.